The molecule has 1 aromatic heterocycles. The van der Waals surface area contributed by atoms with Gasteiger partial charge in [-0.15, -0.1) is 10.2 Å². The molecule has 0 bridgehead atoms. The van der Waals surface area contributed by atoms with Crippen LogP contribution in [-0.4, -0.2) is 33.2 Å². The molecule has 33 heavy (non-hydrogen) atoms. The van der Waals surface area contributed by atoms with E-state index in [0.717, 1.165) is 39.7 Å². The lowest BCUT2D eigenvalue weighted by atomic mass is 10.2. The number of benzene rings is 3. The molecule has 4 aromatic rings. The predicted molar refractivity (Wildman–Crippen MR) is 128 cm³/mol. The van der Waals surface area contributed by atoms with Crippen molar-refractivity contribution in [3.05, 3.63) is 83.9 Å². The highest BCUT2D eigenvalue weighted by Crippen LogP contribution is 2.33. The van der Waals surface area contributed by atoms with E-state index >= 15 is 0 Å². The van der Waals surface area contributed by atoms with E-state index in [-0.39, 0.29) is 18.5 Å². The van der Waals surface area contributed by atoms with Crippen molar-refractivity contribution in [1.82, 2.24) is 14.8 Å². The summed E-state index contributed by atoms with van der Waals surface area (Å²) in [6.07, 6.45) is 0. The summed E-state index contributed by atoms with van der Waals surface area (Å²) in [7, 11) is 0. The first kappa shape index (κ1) is 21.1. The van der Waals surface area contributed by atoms with Crippen molar-refractivity contribution in [3.63, 3.8) is 0 Å². The van der Waals surface area contributed by atoms with Gasteiger partial charge in [0.2, 0.25) is 12.7 Å². The highest BCUT2D eigenvalue weighted by Gasteiger charge is 2.18. The Bertz CT molecular complexity index is 1290. The zero-order chi connectivity index (χ0) is 22.6. The Labute approximate surface area is 195 Å². The highest BCUT2D eigenvalue weighted by atomic mass is 32.2. The van der Waals surface area contributed by atoms with Gasteiger partial charge in [0.25, 0.3) is 0 Å². The number of ether oxygens (including phenoxy) is 2. The molecule has 5 rings (SSSR count). The fourth-order valence-corrected chi connectivity index (χ4v) is 4.35. The molecular formula is C25H22N4O3S. The summed E-state index contributed by atoms with van der Waals surface area (Å²) in [6.45, 7) is 2.77. The van der Waals surface area contributed by atoms with Gasteiger partial charge in [0, 0.05) is 11.3 Å². The van der Waals surface area contributed by atoms with Crippen molar-refractivity contribution in [2.75, 3.05) is 17.9 Å². The van der Waals surface area contributed by atoms with Gasteiger partial charge in [-0.2, -0.15) is 0 Å². The van der Waals surface area contributed by atoms with Crippen molar-refractivity contribution in [2.45, 2.75) is 18.6 Å². The molecule has 0 unspecified atom stereocenters. The van der Waals surface area contributed by atoms with E-state index in [0.29, 0.717) is 11.7 Å². The Kier molecular flexibility index (Phi) is 5.99. The minimum atomic E-state index is -0.0931. The topological polar surface area (TPSA) is 78.3 Å². The molecule has 3 aromatic carbocycles. The maximum atomic E-state index is 12.6. The monoisotopic (exact) mass is 458 g/mol. The number of nitrogens with one attached hydrogen (secondary N) is 1. The fraction of sp³-hybridized carbons (Fsp3) is 0.160. The molecule has 0 atom stereocenters. The summed E-state index contributed by atoms with van der Waals surface area (Å²) in [5.41, 5.74) is 3.87. The van der Waals surface area contributed by atoms with Gasteiger partial charge in [0.05, 0.1) is 12.3 Å². The molecule has 1 aliphatic rings. The SMILES string of the molecule is Cc1cccc(NC(=O)CSc2nnc(-c3ccccc3)n2Cc2ccc3c(c2)OCO3)c1. The summed E-state index contributed by atoms with van der Waals surface area (Å²) in [5, 5.41) is 12.4. The minimum absolute atomic E-state index is 0.0931. The number of anilines is 1. The lowest BCUT2D eigenvalue weighted by Crippen LogP contribution is -2.15. The first-order valence-electron chi connectivity index (χ1n) is 10.5. The van der Waals surface area contributed by atoms with Crippen LogP contribution in [-0.2, 0) is 11.3 Å². The highest BCUT2D eigenvalue weighted by molar-refractivity contribution is 7.99. The zero-order valence-electron chi connectivity index (χ0n) is 18.0. The second-order valence-electron chi connectivity index (χ2n) is 7.65. The van der Waals surface area contributed by atoms with E-state index in [2.05, 4.69) is 15.5 Å². The van der Waals surface area contributed by atoms with E-state index in [1.807, 2.05) is 84.3 Å². The number of amides is 1. The maximum Gasteiger partial charge on any atom is 0.234 e. The molecule has 166 valence electrons. The zero-order valence-corrected chi connectivity index (χ0v) is 18.8. The molecule has 0 fully saturated rings. The number of aryl methyl sites for hydroxylation is 1. The van der Waals surface area contributed by atoms with Crippen LogP contribution in [0.25, 0.3) is 11.4 Å². The standard InChI is InChI=1S/C25H22N4O3S/c1-17-6-5-9-20(12-17)26-23(30)15-33-25-28-27-24(19-7-3-2-4-8-19)29(25)14-18-10-11-21-22(13-18)32-16-31-21/h2-13H,14-16H2,1H3,(H,26,30). The number of hydrogen-bond acceptors (Lipinski definition) is 6. The number of carbonyl (C=O) groups is 1. The number of nitrogens with zero attached hydrogens (tertiary/aromatic N) is 3. The van der Waals surface area contributed by atoms with E-state index in [1.54, 1.807) is 0 Å². The number of thioether (sulfide) groups is 1. The molecule has 0 radical (unpaired) electrons. The molecule has 1 amide bonds. The summed E-state index contributed by atoms with van der Waals surface area (Å²) >= 11 is 1.36. The van der Waals surface area contributed by atoms with Crippen molar-refractivity contribution in [1.29, 1.82) is 0 Å². The van der Waals surface area contributed by atoms with Crippen LogP contribution in [0.3, 0.4) is 0 Å². The van der Waals surface area contributed by atoms with Crippen LogP contribution >= 0.6 is 11.8 Å². The van der Waals surface area contributed by atoms with Gasteiger partial charge < -0.3 is 14.8 Å². The third-order valence-electron chi connectivity index (χ3n) is 5.16. The van der Waals surface area contributed by atoms with Crippen molar-refractivity contribution in [2.24, 2.45) is 0 Å². The third kappa shape index (κ3) is 4.85. The molecule has 8 heteroatoms. The van der Waals surface area contributed by atoms with Gasteiger partial charge in [-0.05, 0) is 42.3 Å². The van der Waals surface area contributed by atoms with Gasteiger partial charge in [-0.3, -0.25) is 9.36 Å². The van der Waals surface area contributed by atoms with Crippen LogP contribution in [0.5, 0.6) is 11.5 Å². The molecule has 0 saturated heterocycles. The van der Waals surface area contributed by atoms with Crippen LogP contribution in [0.15, 0.2) is 78.0 Å². The van der Waals surface area contributed by atoms with Gasteiger partial charge in [0.15, 0.2) is 22.5 Å². The average molecular weight is 459 g/mol. The van der Waals surface area contributed by atoms with Gasteiger partial charge >= 0.3 is 0 Å². The molecule has 0 saturated carbocycles. The lowest BCUT2D eigenvalue weighted by molar-refractivity contribution is -0.113. The molecule has 0 aliphatic carbocycles. The van der Waals surface area contributed by atoms with Crippen LogP contribution in [0, 0.1) is 6.92 Å². The Balaban J connectivity index is 1.37. The summed E-state index contributed by atoms with van der Waals surface area (Å²) < 4.78 is 13.0. The normalized spacial score (nSPS) is 12.0. The first-order valence-corrected chi connectivity index (χ1v) is 11.5. The van der Waals surface area contributed by atoms with Gasteiger partial charge in [-0.1, -0.05) is 60.3 Å². The largest absolute Gasteiger partial charge is 0.454 e. The lowest BCUT2D eigenvalue weighted by Gasteiger charge is -2.11. The number of aromatic nitrogens is 3. The molecule has 2 heterocycles. The maximum absolute atomic E-state index is 12.6. The summed E-state index contributed by atoms with van der Waals surface area (Å²) in [4.78, 5) is 12.6. The smallest absolute Gasteiger partial charge is 0.234 e. The number of fused-ring (bicyclic) bond motifs is 1. The average Bonchev–Trinajstić information content (AvgIpc) is 3.45. The number of carbonyl (C=O) groups excluding carboxylic acids is 1. The minimum Gasteiger partial charge on any atom is -0.454 e. The van der Waals surface area contributed by atoms with Gasteiger partial charge in [-0.25, -0.2) is 0 Å². The van der Waals surface area contributed by atoms with E-state index in [1.165, 1.54) is 11.8 Å². The number of rotatable bonds is 7. The first-order chi connectivity index (χ1) is 16.2. The number of hydrogen-bond donors (Lipinski definition) is 1. The fourth-order valence-electron chi connectivity index (χ4n) is 3.61. The van der Waals surface area contributed by atoms with E-state index < -0.39 is 0 Å². The Hall–Kier alpha value is -3.78. The van der Waals surface area contributed by atoms with Gasteiger partial charge in [0.1, 0.15) is 0 Å². The van der Waals surface area contributed by atoms with Crippen molar-refractivity contribution < 1.29 is 14.3 Å². The van der Waals surface area contributed by atoms with E-state index in [9.17, 15) is 4.79 Å². The molecule has 0 spiro atoms. The summed E-state index contributed by atoms with van der Waals surface area (Å²) in [6, 6.07) is 23.5. The second kappa shape index (κ2) is 9.38. The van der Waals surface area contributed by atoms with Crippen LogP contribution < -0.4 is 14.8 Å². The Morgan fingerprint density at radius 2 is 1.85 bits per heavy atom. The Morgan fingerprint density at radius 1 is 1.00 bits per heavy atom. The van der Waals surface area contributed by atoms with Crippen LogP contribution in [0.4, 0.5) is 5.69 Å². The molecule has 1 N–H and O–H groups in total. The van der Waals surface area contributed by atoms with Crippen LogP contribution in [0.1, 0.15) is 11.1 Å². The third-order valence-corrected chi connectivity index (χ3v) is 6.13. The van der Waals surface area contributed by atoms with E-state index in [4.69, 9.17) is 9.47 Å². The quantitative estimate of drug-likeness (QED) is 0.402. The van der Waals surface area contributed by atoms with Crippen molar-refractivity contribution >= 4 is 23.4 Å². The Morgan fingerprint density at radius 3 is 2.70 bits per heavy atom. The predicted octanol–water partition coefficient (Wildman–Crippen LogP) is 4.76. The molecule has 7 nitrogen and oxygen atoms in total. The summed E-state index contributed by atoms with van der Waals surface area (Å²) in [5.74, 6) is 2.35. The van der Waals surface area contributed by atoms with Crippen LogP contribution in [0.2, 0.25) is 0 Å². The second-order valence-corrected chi connectivity index (χ2v) is 8.59. The molecular weight excluding hydrogens is 436 g/mol. The molecule has 1 aliphatic heterocycles. The van der Waals surface area contributed by atoms with Crippen molar-refractivity contribution in [3.8, 4) is 22.9 Å².